The highest BCUT2D eigenvalue weighted by atomic mass is 19.1. The van der Waals surface area contributed by atoms with E-state index in [1.807, 2.05) is 50.7 Å². The quantitative estimate of drug-likeness (QED) is 0.602. The Bertz CT molecular complexity index is 1140. The molecule has 0 bridgehead atoms. The predicted molar refractivity (Wildman–Crippen MR) is 123 cm³/mol. The van der Waals surface area contributed by atoms with Crippen LogP contribution in [0.25, 0.3) is 22.0 Å². The molecule has 1 amide bonds. The van der Waals surface area contributed by atoms with Gasteiger partial charge in [-0.2, -0.15) is 5.10 Å². The average Bonchev–Trinajstić information content (AvgIpc) is 3.07. The summed E-state index contributed by atoms with van der Waals surface area (Å²) in [5.41, 5.74) is 1.41. The van der Waals surface area contributed by atoms with Crippen LogP contribution in [0.15, 0.2) is 36.4 Å². The van der Waals surface area contributed by atoms with Gasteiger partial charge in [-0.1, -0.05) is 12.1 Å². The van der Waals surface area contributed by atoms with Gasteiger partial charge in [0.25, 0.3) is 0 Å². The van der Waals surface area contributed by atoms with Crippen molar-refractivity contribution in [3.05, 3.63) is 42.2 Å². The van der Waals surface area contributed by atoms with Gasteiger partial charge in [-0.15, -0.1) is 0 Å². The van der Waals surface area contributed by atoms with Crippen molar-refractivity contribution in [2.45, 2.75) is 26.4 Å². The minimum atomic E-state index is -0.509. The third kappa shape index (κ3) is 4.22. The van der Waals surface area contributed by atoms with Crippen LogP contribution in [0.1, 0.15) is 20.8 Å². The number of rotatable bonds is 3. The van der Waals surface area contributed by atoms with Gasteiger partial charge in [-0.05, 0) is 50.6 Å². The number of benzene rings is 2. The normalized spacial score (nSPS) is 14.7. The lowest BCUT2D eigenvalue weighted by atomic mass is 10.0. The number of ether oxygens (including phenoxy) is 2. The maximum atomic E-state index is 14.5. The van der Waals surface area contributed by atoms with E-state index in [0.29, 0.717) is 43.1 Å². The Morgan fingerprint density at radius 1 is 1.09 bits per heavy atom. The second-order valence-corrected chi connectivity index (χ2v) is 8.95. The predicted octanol–water partition coefficient (Wildman–Crippen LogP) is 4.45. The van der Waals surface area contributed by atoms with Crippen molar-refractivity contribution < 1.29 is 18.7 Å². The average molecular weight is 441 g/mol. The summed E-state index contributed by atoms with van der Waals surface area (Å²) < 4.78 is 27.2. The molecule has 7 nitrogen and oxygen atoms in total. The van der Waals surface area contributed by atoms with Crippen molar-refractivity contribution in [1.29, 1.82) is 0 Å². The molecule has 0 radical (unpaired) electrons. The Kier molecular flexibility index (Phi) is 5.71. The number of aryl methyl sites for hydroxylation is 1. The van der Waals surface area contributed by atoms with Gasteiger partial charge in [-0.3, -0.25) is 4.68 Å². The van der Waals surface area contributed by atoms with Crippen molar-refractivity contribution in [3.8, 4) is 16.9 Å². The van der Waals surface area contributed by atoms with Gasteiger partial charge in [-0.25, -0.2) is 9.18 Å². The van der Waals surface area contributed by atoms with E-state index < -0.39 is 5.60 Å². The van der Waals surface area contributed by atoms with Crippen LogP contribution in [0.5, 0.6) is 5.75 Å². The number of hydrogen-bond acceptors (Lipinski definition) is 5. The van der Waals surface area contributed by atoms with Gasteiger partial charge in [0.15, 0.2) is 0 Å². The number of carbonyl (C=O) groups excluding carboxylic acids is 1. The number of halogens is 1. The van der Waals surface area contributed by atoms with E-state index in [4.69, 9.17) is 9.47 Å². The Labute approximate surface area is 187 Å². The zero-order valence-electron chi connectivity index (χ0n) is 19.2. The Balaban J connectivity index is 1.58. The lowest BCUT2D eigenvalue weighted by Gasteiger charge is -2.36. The van der Waals surface area contributed by atoms with Crippen molar-refractivity contribution in [2.24, 2.45) is 7.05 Å². The minimum Gasteiger partial charge on any atom is -0.496 e. The summed E-state index contributed by atoms with van der Waals surface area (Å²) in [6, 6.07) is 10.6. The van der Waals surface area contributed by atoms with E-state index >= 15 is 0 Å². The molecule has 0 aliphatic carbocycles. The number of aromatic nitrogens is 2. The minimum absolute atomic E-state index is 0.282. The molecule has 2 heterocycles. The van der Waals surface area contributed by atoms with Crippen LogP contribution >= 0.6 is 0 Å². The first kappa shape index (κ1) is 21.9. The van der Waals surface area contributed by atoms with Crippen LogP contribution in [-0.4, -0.2) is 59.7 Å². The molecule has 2 aromatic carbocycles. The van der Waals surface area contributed by atoms with Gasteiger partial charge in [0.1, 0.15) is 23.0 Å². The molecule has 8 heteroatoms. The number of piperazine rings is 1. The molecule has 0 N–H and O–H groups in total. The highest BCUT2D eigenvalue weighted by Gasteiger charge is 2.28. The van der Waals surface area contributed by atoms with Gasteiger partial charge in [0, 0.05) is 38.6 Å². The molecular weight excluding hydrogens is 411 g/mol. The maximum Gasteiger partial charge on any atom is 0.410 e. The molecule has 3 aromatic rings. The summed E-state index contributed by atoms with van der Waals surface area (Å²) in [4.78, 5) is 16.3. The zero-order chi connectivity index (χ0) is 23.0. The highest BCUT2D eigenvalue weighted by Crippen LogP contribution is 2.36. The third-order valence-electron chi connectivity index (χ3n) is 5.52. The molecular formula is C24H29FN4O3. The largest absolute Gasteiger partial charge is 0.496 e. The van der Waals surface area contributed by atoms with E-state index in [1.165, 1.54) is 13.2 Å². The fraction of sp³-hybridized carbons (Fsp3) is 0.417. The van der Waals surface area contributed by atoms with Gasteiger partial charge < -0.3 is 19.3 Å². The number of carbonyl (C=O) groups is 1. The molecule has 32 heavy (non-hydrogen) atoms. The Hall–Kier alpha value is -3.29. The van der Waals surface area contributed by atoms with Crippen LogP contribution in [0.3, 0.4) is 0 Å². The van der Waals surface area contributed by atoms with Gasteiger partial charge in [0.2, 0.25) is 0 Å². The number of amides is 1. The topological polar surface area (TPSA) is 59.8 Å². The first-order chi connectivity index (χ1) is 15.2. The van der Waals surface area contributed by atoms with Crippen LogP contribution in [0, 0.1) is 5.82 Å². The molecule has 4 rings (SSSR count). The van der Waals surface area contributed by atoms with Crippen LogP contribution in [0.2, 0.25) is 0 Å². The van der Waals surface area contributed by atoms with Crippen molar-refractivity contribution in [2.75, 3.05) is 38.2 Å². The van der Waals surface area contributed by atoms with E-state index in [0.717, 1.165) is 16.7 Å². The van der Waals surface area contributed by atoms with Gasteiger partial charge in [0.05, 0.1) is 18.2 Å². The summed E-state index contributed by atoms with van der Waals surface area (Å²) in [6.07, 6.45) is -0.282. The molecule has 170 valence electrons. The number of anilines is 1. The molecule has 0 atom stereocenters. The molecule has 0 spiro atoms. The molecule has 1 fully saturated rings. The summed E-state index contributed by atoms with van der Waals surface area (Å²) in [5.74, 6) is 1.13. The standard InChI is InChI=1S/C24H29FN4O3/c1-24(2,3)32-23(30)29-13-11-28(12-14-29)22-17-10-9-16(15-19(17)26-27(22)4)21-18(25)7-6-8-20(21)31-5/h6-10,15H,11-14H2,1-5H3. The lowest BCUT2D eigenvalue weighted by Crippen LogP contribution is -2.50. The van der Waals surface area contributed by atoms with Crippen molar-refractivity contribution >= 4 is 22.8 Å². The number of methoxy groups -OCH3 is 1. The second-order valence-electron chi connectivity index (χ2n) is 8.95. The Morgan fingerprint density at radius 2 is 1.81 bits per heavy atom. The molecule has 1 saturated heterocycles. The van der Waals surface area contributed by atoms with E-state index in [2.05, 4.69) is 10.00 Å². The van der Waals surface area contributed by atoms with Gasteiger partial charge >= 0.3 is 6.09 Å². The molecule has 1 aliphatic rings. The lowest BCUT2D eigenvalue weighted by molar-refractivity contribution is 0.0240. The summed E-state index contributed by atoms with van der Waals surface area (Å²) in [7, 11) is 3.44. The monoisotopic (exact) mass is 440 g/mol. The van der Waals surface area contributed by atoms with Crippen LogP contribution in [-0.2, 0) is 11.8 Å². The van der Waals surface area contributed by atoms with Crippen LogP contribution < -0.4 is 9.64 Å². The summed E-state index contributed by atoms with van der Waals surface area (Å²) in [5, 5.41) is 5.65. The number of nitrogens with zero attached hydrogens (tertiary/aromatic N) is 4. The fourth-order valence-corrected chi connectivity index (χ4v) is 4.10. The van der Waals surface area contributed by atoms with E-state index in [-0.39, 0.29) is 11.9 Å². The molecule has 1 aromatic heterocycles. The first-order valence-electron chi connectivity index (χ1n) is 10.7. The number of hydrogen-bond donors (Lipinski definition) is 0. The SMILES string of the molecule is COc1cccc(F)c1-c1ccc2c(N3CCN(C(=O)OC(C)(C)C)CC3)n(C)nc2c1. The summed E-state index contributed by atoms with van der Waals surface area (Å²) >= 11 is 0. The number of fused-ring (bicyclic) bond motifs is 1. The van der Waals surface area contributed by atoms with Crippen molar-refractivity contribution in [3.63, 3.8) is 0 Å². The zero-order valence-corrected chi connectivity index (χ0v) is 19.2. The summed E-state index contributed by atoms with van der Waals surface area (Å²) in [6.45, 7) is 8.11. The Morgan fingerprint density at radius 3 is 2.47 bits per heavy atom. The second kappa shape index (κ2) is 8.33. The van der Waals surface area contributed by atoms with E-state index in [1.54, 1.807) is 17.0 Å². The first-order valence-corrected chi connectivity index (χ1v) is 10.7. The highest BCUT2D eigenvalue weighted by molar-refractivity contribution is 5.94. The maximum absolute atomic E-state index is 14.5. The molecule has 0 unspecified atom stereocenters. The fourth-order valence-electron chi connectivity index (χ4n) is 4.10. The molecule has 0 saturated carbocycles. The van der Waals surface area contributed by atoms with E-state index in [9.17, 15) is 9.18 Å². The molecule has 1 aliphatic heterocycles. The third-order valence-corrected chi connectivity index (χ3v) is 5.52. The van der Waals surface area contributed by atoms with Crippen molar-refractivity contribution in [1.82, 2.24) is 14.7 Å². The smallest absolute Gasteiger partial charge is 0.410 e. The van der Waals surface area contributed by atoms with Crippen LogP contribution in [0.4, 0.5) is 15.0 Å².